The van der Waals surface area contributed by atoms with Crippen LogP contribution < -0.4 is 0 Å². The molecule has 0 spiro atoms. The van der Waals surface area contributed by atoms with Gasteiger partial charge in [0, 0.05) is 37.3 Å². The van der Waals surface area contributed by atoms with Gasteiger partial charge in [-0.05, 0) is 38.9 Å². The number of nitrogens with zero attached hydrogens (tertiary/aromatic N) is 7. The van der Waals surface area contributed by atoms with Gasteiger partial charge in [-0.15, -0.1) is 10.2 Å². The minimum Gasteiger partial charge on any atom is -0.348 e. The SMILES string of the molecule is CCn1c(Cn2cccn2)nnc1C1CCN(Cc2ncc[nH]2)CC1. The standard InChI is InChI=1S/C17H24N8/c1-2-25-16(13-24-9-3-6-20-24)21-22-17(25)14-4-10-23(11-5-14)12-15-18-7-8-19-15/h3,6-9,14H,2,4-5,10-13H2,1H3,(H,18,19). The third-order valence-electron chi connectivity index (χ3n) is 4.92. The molecule has 0 saturated carbocycles. The van der Waals surface area contributed by atoms with Crippen molar-refractivity contribution in [3.05, 3.63) is 48.3 Å². The van der Waals surface area contributed by atoms with Crippen molar-refractivity contribution in [3.8, 4) is 0 Å². The van der Waals surface area contributed by atoms with Gasteiger partial charge in [0.1, 0.15) is 18.2 Å². The summed E-state index contributed by atoms with van der Waals surface area (Å²) in [5.74, 6) is 3.63. The molecule has 0 radical (unpaired) electrons. The molecule has 25 heavy (non-hydrogen) atoms. The van der Waals surface area contributed by atoms with Gasteiger partial charge < -0.3 is 9.55 Å². The summed E-state index contributed by atoms with van der Waals surface area (Å²) in [6.07, 6.45) is 9.67. The van der Waals surface area contributed by atoms with E-state index < -0.39 is 0 Å². The van der Waals surface area contributed by atoms with E-state index in [0.717, 1.165) is 56.5 Å². The summed E-state index contributed by atoms with van der Waals surface area (Å²) < 4.78 is 4.15. The average molecular weight is 340 g/mol. The Morgan fingerprint density at radius 1 is 1.16 bits per heavy atom. The Kier molecular flexibility index (Phi) is 4.60. The van der Waals surface area contributed by atoms with E-state index in [0.29, 0.717) is 12.5 Å². The summed E-state index contributed by atoms with van der Waals surface area (Å²) in [6.45, 7) is 6.75. The van der Waals surface area contributed by atoms with Gasteiger partial charge in [0.05, 0.1) is 6.54 Å². The summed E-state index contributed by atoms with van der Waals surface area (Å²) in [4.78, 5) is 9.96. The van der Waals surface area contributed by atoms with E-state index in [1.807, 2.05) is 29.3 Å². The Balaban J connectivity index is 1.41. The lowest BCUT2D eigenvalue weighted by molar-refractivity contribution is 0.196. The van der Waals surface area contributed by atoms with Gasteiger partial charge >= 0.3 is 0 Å². The number of imidazole rings is 1. The molecular weight excluding hydrogens is 316 g/mol. The van der Waals surface area contributed by atoms with Gasteiger partial charge in [-0.2, -0.15) is 5.10 Å². The number of hydrogen-bond donors (Lipinski definition) is 1. The molecule has 8 nitrogen and oxygen atoms in total. The van der Waals surface area contributed by atoms with Crippen molar-refractivity contribution >= 4 is 0 Å². The largest absolute Gasteiger partial charge is 0.348 e. The third-order valence-corrected chi connectivity index (χ3v) is 4.92. The molecular formula is C17H24N8. The van der Waals surface area contributed by atoms with Gasteiger partial charge in [-0.3, -0.25) is 9.58 Å². The molecule has 8 heteroatoms. The Morgan fingerprint density at radius 3 is 2.72 bits per heavy atom. The van der Waals surface area contributed by atoms with Crippen LogP contribution in [0.15, 0.2) is 30.9 Å². The summed E-state index contributed by atoms with van der Waals surface area (Å²) in [5, 5.41) is 13.2. The van der Waals surface area contributed by atoms with Crippen molar-refractivity contribution in [2.75, 3.05) is 13.1 Å². The molecule has 1 aliphatic heterocycles. The van der Waals surface area contributed by atoms with Crippen LogP contribution in [0.2, 0.25) is 0 Å². The number of likely N-dealkylation sites (tertiary alicyclic amines) is 1. The van der Waals surface area contributed by atoms with Gasteiger partial charge in [0.2, 0.25) is 0 Å². The van der Waals surface area contributed by atoms with Crippen molar-refractivity contribution in [1.29, 1.82) is 0 Å². The Labute approximate surface area is 146 Å². The zero-order chi connectivity index (χ0) is 17.1. The molecule has 0 aromatic carbocycles. The molecule has 0 atom stereocenters. The van der Waals surface area contributed by atoms with Gasteiger partial charge in [-0.25, -0.2) is 4.98 Å². The van der Waals surface area contributed by atoms with Crippen LogP contribution >= 0.6 is 0 Å². The molecule has 132 valence electrons. The van der Waals surface area contributed by atoms with E-state index in [1.54, 1.807) is 6.20 Å². The number of piperidine rings is 1. The van der Waals surface area contributed by atoms with E-state index in [4.69, 9.17) is 0 Å². The van der Waals surface area contributed by atoms with E-state index in [2.05, 4.69) is 41.7 Å². The fourth-order valence-electron chi connectivity index (χ4n) is 3.60. The van der Waals surface area contributed by atoms with Crippen LogP contribution in [0.25, 0.3) is 0 Å². The molecule has 0 amide bonds. The summed E-state index contributed by atoms with van der Waals surface area (Å²) in [5.41, 5.74) is 0. The molecule has 1 fully saturated rings. The Morgan fingerprint density at radius 2 is 2.04 bits per heavy atom. The maximum Gasteiger partial charge on any atom is 0.154 e. The normalized spacial score (nSPS) is 16.5. The van der Waals surface area contributed by atoms with Crippen molar-refractivity contribution in [1.82, 2.24) is 39.4 Å². The number of rotatable bonds is 6. The van der Waals surface area contributed by atoms with Crippen LogP contribution in [0, 0.1) is 0 Å². The third kappa shape index (κ3) is 3.48. The number of nitrogens with one attached hydrogen (secondary N) is 1. The van der Waals surface area contributed by atoms with Crippen molar-refractivity contribution < 1.29 is 0 Å². The van der Waals surface area contributed by atoms with Crippen LogP contribution in [0.3, 0.4) is 0 Å². The fourth-order valence-corrected chi connectivity index (χ4v) is 3.60. The molecule has 0 bridgehead atoms. The lowest BCUT2D eigenvalue weighted by Gasteiger charge is -2.31. The summed E-state index contributed by atoms with van der Waals surface area (Å²) >= 11 is 0. The Hall–Kier alpha value is -2.48. The minimum atomic E-state index is 0.478. The average Bonchev–Trinajstić information content (AvgIpc) is 3.38. The fraction of sp³-hybridized carbons (Fsp3) is 0.529. The number of aromatic nitrogens is 7. The first-order chi connectivity index (χ1) is 12.3. The predicted molar refractivity (Wildman–Crippen MR) is 92.9 cm³/mol. The van der Waals surface area contributed by atoms with E-state index in [9.17, 15) is 0 Å². The van der Waals surface area contributed by atoms with Crippen LogP contribution in [0.4, 0.5) is 0 Å². The molecule has 1 saturated heterocycles. The van der Waals surface area contributed by atoms with Gasteiger partial charge in [0.25, 0.3) is 0 Å². The zero-order valence-corrected chi connectivity index (χ0v) is 14.5. The highest BCUT2D eigenvalue weighted by Crippen LogP contribution is 2.28. The zero-order valence-electron chi connectivity index (χ0n) is 14.5. The van der Waals surface area contributed by atoms with Crippen molar-refractivity contribution in [2.24, 2.45) is 0 Å². The van der Waals surface area contributed by atoms with Crippen LogP contribution in [0.1, 0.15) is 43.2 Å². The number of hydrogen-bond acceptors (Lipinski definition) is 5. The quantitative estimate of drug-likeness (QED) is 0.738. The molecule has 4 heterocycles. The smallest absolute Gasteiger partial charge is 0.154 e. The highest BCUT2D eigenvalue weighted by Gasteiger charge is 2.26. The first kappa shape index (κ1) is 16.0. The molecule has 1 N–H and O–H groups in total. The maximum absolute atomic E-state index is 4.53. The van der Waals surface area contributed by atoms with Gasteiger partial charge in [0.15, 0.2) is 5.82 Å². The Bertz CT molecular complexity index is 766. The monoisotopic (exact) mass is 340 g/mol. The highest BCUT2D eigenvalue weighted by atomic mass is 15.3. The number of H-pyrrole nitrogens is 1. The van der Waals surface area contributed by atoms with E-state index in [-0.39, 0.29) is 0 Å². The lowest BCUT2D eigenvalue weighted by atomic mass is 9.96. The second kappa shape index (κ2) is 7.18. The van der Waals surface area contributed by atoms with Crippen LogP contribution in [-0.4, -0.2) is 52.5 Å². The molecule has 3 aromatic heterocycles. The lowest BCUT2D eigenvalue weighted by Crippen LogP contribution is -2.33. The molecule has 0 aliphatic carbocycles. The first-order valence-corrected chi connectivity index (χ1v) is 8.93. The summed E-state index contributed by atoms with van der Waals surface area (Å²) in [7, 11) is 0. The van der Waals surface area contributed by atoms with Crippen molar-refractivity contribution in [2.45, 2.75) is 45.3 Å². The number of aromatic amines is 1. The molecule has 4 rings (SSSR count). The van der Waals surface area contributed by atoms with Crippen molar-refractivity contribution in [3.63, 3.8) is 0 Å². The second-order valence-corrected chi connectivity index (χ2v) is 6.51. The molecule has 3 aromatic rings. The van der Waals surface area contributed by atoms with Crippen LogP contribution in [0.5, 0.6) is 0 Å². The van der Waals surface area contributed by atoms with E-state index in [1.165, 1.54) is 0 Å². The summed E-state index contributed by atoms with van der Waals surface area (Å²) in [6, 6.07) is 1.93. The molecule has 1 aliphatic rings. The van der Waals surface area contributed by atoms with Gasteiger partial charge in [-0.1, -0.05) is 0 Å². The topological polar surface area (TPSA) is 80.4 Å². The minimum absolute atomic E-state index is 0.478. The van der Waals surface area contributed by atoms with Crippen LogP contribution in [-0.2, 0) is 19.6 Å². The predicted octanol–water partition coefficient (Wildman–Crippen LogP) is 1.65. The first-order valence-electron chi connectivity index (χ1n) is 8.93. The second-order valence-electron chi connectivity index (χ2n) is 6.51. The molecule has 0 unspecified atom stereocenters. The highest BCUT2D eigenvalue weighted by molar-refractivity contribution is 5.05. The van der Waals surface area contributed by atoms with E-state index >= 15 is 0 Å². The maximum atomic E-state index is 4.53.